The average Bonchev–Trinajstić information content (AvgIpc) is 2.98. The molecule has 1 aliphatic rings. The van der Waals surface area contributed by atoms with Crippen molar-refractivity contribution in [2.45, 2.75) is 19.1 Å². The minimum Gasteiger partial charge on any atom is -0.380 e. The summed E-state index contributed by atoms with van der Waals surface area (Å²) >= 11 is 0. The van der Waals surface area contributed by atoms with E-state index in [-0.39, 0.29) is 18.0 Å². The zero-order valence-corrected chi connectivity index (χ0v) is 15.3. The van der Waals surface area contributed by atoms with Gasteiger partial charge in [0.2, 0.25) is 10.0 Å². The number of anilines is 2. The Kier molecular flexibility index (Phi) is 5.20. The third-order valence-electron chi connectivity index (χ3n) is 4.30. The number of benzene rings is 2. The molecule has 1 N–H and O–H groups in total. The van der Waals surface area contributed by atoms with Gasteiger partial charge in [-0.2, -0.15) is 13.2 Å². The summed E-state index contributed by atoms with van der Waals surface area (Å²) in [5.74, 6) is 0.0627. The third kappa shape index (κ3) is 4.19. The summed E-state index contributed by atoms with van der Waals surface area (Å²) in [7, 11) is -3.36. The Morgan fingerprint density at radius 3 is 2.54 bits per heavy atom. The number of nitro benzene ring substituents is 1. The minimum atomic E-state index is -4.76. The molecule has 2 aromatic rings. The Balaban J connectivity index is 1.83. The topological polar surface area (TPSA) is 92.6 Å². The van der Waals surface area contributed by atoms with Crippen LogP contribution in [0.15, 0.2) is 42.5 Å². The fraction of sp³-hybridized carbons (Fsp3) is 0.294. The predicted molar refractivity (Wildman–Crippen MR) is 97.6 cm³/mol. The molecule has 0 unspecified atom stereocenters. The molecule has 0 spiro atoms. The average molecular weight is 415 g/mol. The highest BCUT2D eigenvalue weighted by Gasteiger charge is 2.35. The molecule has 0 radical (unpaired) electrons. The van der Waals surface area contributed by atoms with E-state index >= 15 is 0 Å². The maximum absolute atomic E-state index is 13.2. The number of hydrogen-bond donors (Lipinski definition) is 1. The van der Waals surface area contributed by atoms with Crippen molar-refractivity contribution < 1.29 is 26.5 Å². The van der Waals surface area contributed by atoms with Crippen LogP contribution in [0.3, 0.4) is 0 Å². The third-order valence-corrected chi connectivity index (χ3v) is 6.17. The number of nitro groups is 1. The lowest BCUT2D eigenvalue weighted by molar-refractivity contribution is -0.385. The maximum atomic E-state index is 13.2. The molecule has 0 saturated carbocycles. The summed E-state index contributed by atoms with van der Waals surface area (Å²) in [6.45, 7) is 0.350. The van der Waals surface area contributed by atoms with Crippen LogP contribution < -0.4 is 9.62 Å². The van der Waals surface area contributed by atoms with Gasteiger partial charge in [0.25, 0.3) is 5.69 Å². The first-order chi connectivity index (χ1) is 13.1. The quantitative estimate of drug-likeness (QED) is 0.593. The SMILES string of the molecule is O=[N+]([O-])c1ccc(NCc2cccc(N3CCCS3(=O)=O)c2)c(C(F)(F)F)c1. The maximum Gasteiger partial charge on any atom is 0.418 e. The van der Waals surface area contributed by atoms with Gasteiger partial charge in [0.15, 0.2) is 0 Å². The zero-order valence-electron chi connectivity index (χ0n) is 14.4. The number of sulfonamides is 1. The van der Waals surface area contributed by atoms with E-state index in [2.05, 4.69) is 5.32 Å². The first-order valence-electron chi connectivity index (χ1n) is 8.27. The fourth-order valence-electron chi connectivity index (χ4n) is 2.98. The van der Waals surface area contributed by atoms with Crippen molar-refractivity contribution in [2.24, 2.45) is 0 Å². The Morgan fingerprint density at radius 1 is 1.18 bits per heavy atom. The van der Waals surface area contributed by atoms with Crippen molar-refractivity contribution in [2.75, 3.05) is 21.9 Å². The number of nitrogens with one attached hydrogen (secondary N) is 1. The summed E-state index contributed by atoms with van der Waals surface area (Å²) in [5, 5.41) is 13.4. The molecule has 11 heteroatoms. The molecule has 1 fully saturated rings. The second-order valence-corrected chi connectivity index (χ2v) is 8.26. The van der Waals surface area contributed by atoms with Gasteiger partial charge < -0.3 is 5.32 Å². The molecule has 0 aromatic heterocycles. The van der Waals surface area contributed by atoms with E-state index < -0.39 is 32.4 Å². The molecule has 150 valence electrons. The molecule has 0 atom stereocenters. The van der Waals surface area contributed by atoms with E-state index in [4.69, 9.17) is 0 Å². The van der Waals surface area contributed by atoms with Gasteiger partial charge in [-0.1, -0.05) is 12.1 Å². The standard InChI is InChI=1S/C17H16F3N3O4S/c18-17(19,20)15-10-14(23(24)25)5-6-16(15)21-11-12-3-1-4-13(9-12)22-7-2-8-28(22,26)27/h1,3-6,9-10,21H,2,7-8,11H2. The van der Waals surface area contributed by atoms with Gasteiger partial charge in [0.1, 0.15) is 0 Å². The molecule has 0 bridgehead atoms. The highest BCUT2D eigenvalue weighted by atomic mass is 32.2. The predicted octanol–water partition coefficient (Wildman–Crippen LogP) is 3.77. The van der Waals surface area contributed by atoms with E-state index in [1.54, 1.807) is 24.3 Å². The van der Waals surface area contributed by atoms with Crippen molar-refractivity contribution in [1.82, 2.24) is 0 Å². The van der Waals surface area contributed by atoms with Gasteiger partial charge in [0.05, 0.1) is 21.9 Å². The first-order valence-corrected chi connectivity index (χ1v) is 9.88. The number of rotatable bonds is 5. The Labute approximate surface area is 159 Å². The minimum absolute atomic E-state index is 0.0113. The van der Waals surface area contributed by atoms with Crippen LogP contribution in [0.4, 0.5) is 30.2 Å². The smallest absolute Gasteiger partial charge is 0.380 e. The fourth-order valence-corrected chi connectivity index (χ4v) is 4.54. The number of alkyl halides is 3. The lowest BCUT2D eigenvalue weighted by Gasteiger charge is -2.18. The number of non-ortho nitro benzene ring substituents is 1. The van der Waals surface area contributed by atoms with Crippen LogP contribution in [0.5, 0.6) is 0 Å². The molecule has 1 aliphatic heterocycles. The van der Waals surface area contributed by atoms with Gasteiger partial charge in [-0.15, -0.1) is 0 Å². The highest BCUT2D eigenvalue weighted by Crippen LogP contribution is 2.37. The molecule has 1 heterocycles. The van der Waals surface area contributed by atoms with E-state index in [0.717, 1.165) is 12.1 Å². The van der Waals surface area contributed by atoms with E-state index in [9.17, 15) is 31.7 Å². The normalized spacial score (nSPS) is 16.2. The summed E-state index contributed by atoms with van der Waals surface area (Å²) in [4.78, 5) is 9.86. The number of hydrogen-bond acceptors (Lipinski definition) is 5. The molecule has 2 aromatic carbocycles. The molecule has 7 nitrogen and oxygen atoms in total. The van der Waals surface area contributed by atoms with Crippen LogP contribution in [-0.2, 0) is 22.7 Å². The molecule has 1 saturated heterocycles. The van der Waals surface area contributed by atoms with Gasteiger partial charge in [-0.25, -0.2) is 8.42 Å². The van der Waals surface area contributed by atoms with Crippen LogP contribution in [0, 0.1) is 10.1 Å². The van der Waals surface area contributed by atoms with Crippen LogP contribution in [-0.4, -0.2) is 25.6 Å². The number of nitrogens with zero attached hydrogens (tertiary/aromatic N) is 2. The highest BCUT2D eigenvalue weighted by molar-refractivity contribution is 7.93. The molecule has 3 rings (SSSR count). The summed E-state index contributed by atoms with van der Waals surface area (Å²) < 4.78 is 65.0. The Bertz CT molecular complexity index is 1010. The van der Waals surface area contributed by atoms with Crippen molar-refractivity contribution in [1.29, 1.82) is 0 Å². The summed E-state index contributed by atoms with van der Waals surface area (Å²) in [5.41, 5.74) is -1.06. The first kappa shape index (κ1) is 19.9. The van der Waals surface area contributed by atoms with Gasteiger partial charge >= 0.3 is 6.18 Å². The van der Waals surface area contributed by atoms with E-state index in [1.165, 1.54) is 4.31 Å². The van der Waals surface area contributed by atoms with Gasteiger partial charge in [-0.3, -0.25) is 14.4 Å². The second-order valence-electron chi connectivity index (χ2n) is 6.25. The summed E-state index contributed by atoms with van der Waals surface area (Å²) in [6, 6.07) is 8.97. The van der Waals surface area contributed by atoms with Crippen LogP contribution in [0.1, 0.15) is 17.5 Å². The van der Waals surface area contributed by atoms with E-state index in [0.29, 0.717) is 30.3 Å². The lowest BCUT2D eigenvalue weighted by Crippen LogP contribution is -2.25. The van der Waals surface area contributed by atoms with Crippen molar-refractivity contribution in [3.8, 4) is 0 Å². The Morgan fingerprint density at radius 2 is 1.93 bits per heavy atom. The second kappa shape index (κ2) is 7.30. The molecule has 0 amide bonds. The van der Waals surface area contributed by atoms with Gasteiger partial charge in [-0.05, 0) is 30.2 Å². The molecule has 28 heavy (non-hydrogen) atoms. The molecule has 0 aliphatic carbocycles. The lowest BCUT2D eigenvalue weighted by atomic mass is 10.1. The monoisotopic (exact) mass is 415 g/mol. The van der Waals surface area contributed by atoms with Crippen LogP contribution >= 0.6 is 0 Å². The van der Waals surface area contributed by atoms with E-state index in [1.807, 2.05) is 0 Å². The van der Waals surface area contributed by atoms with Crippen molar-refractivity contribution >= 4 is 27.1 Å². The van der Waals surface area contributed by atoms with Crippen LogP contribution in [0.25, 0.3) is 0 Å². The van der Waals surface area contributed by atoms with Crippen molar-refractivity contribution in [3.63, 3.8) is 0 Å². The zero-order chi connectivity index (χ0) is 20.5. The van der Waals surface area contributed by atoms with Gasteiger partial charge in [0, 0.05) is 30.9 Å². The largest absolute Gasteiger partial charge is 0.418 e. The molecular weight excluding hydrogens is 399 g/mol. The molecular formula is C17H16F3N3O4S. The summed E-state index contributed by atoms with van der Waals surface area (Å²) in [6.07, 6.45) is -4.25. The number of halogens is 3. The Hall–Kier alpha value is -2.82. The van der Waals surface area contributed by atoms with Crippen molar-refractivity contribution in [3.05, 3.63) is 63.7 Å². The van der Waals surface area contributed by atoms with Crippen LogP contribution in [0.2, 0.25) is 0 Å².